The largest absolute Gasteiger partial charge is 0.496 e. The average Bonchev–Trinajstić information content (AvgIpc) is 2.71. The van der Waals surface area contributed by atoms with Crippen molar-refractivity contribution < 1.29 is 4.74 Å². The first-order valence-electron chi connectivity index (χ1n) is 7.47. The highest BCUT2D eigenvalue weighted by Gasteiger charge is 2.21. The van der Waals surface area contributed by atoms with Crippen LogP contribution in [0.25, 0.3) is 0 Å². The van der Waals surface area contributed by atoms with Crippen LogP contribution in [0.2, 0.25) is 0 Å². The Morgan fingerprint density at radius 3 is 3.00 bits per heavy atom. The Kier molecular flexibility index (Phi) is 4.29. The molecule has 0 saturated heterocycles. The third kappa shape index (κ3) is 2.78. The molecule has 0 fully saturated rings. The van der Waals surface area contributed by atoms with Crippen LogP contribution in [-0.2, 0) is 12.8 Å². The fraction of sp³-hybridized carbons (Fsp3) is 0.375. The molecule has 3 N–H and O–H groups in total. The molecule has 1 aliphatic heterocycles. The first-order valence-corrected chi connectivity index (χ1v) is 7.88. The number of para-hydroxylation sites is 1. The number of benzene rings is 1. The minimum Gasteiger partial charge on any atom is -0.496 e. The van der Waals surface area contributed by atoms with E-state index in [9.17, 15) is 0 Å². The van der Waals surface area contributed by atoms with E-state index in [4.69, 9.17) is 22.7 Å². The zero-order valence-electron chi connectivity index (χ0n) is 12.6. The van der Waals surface area contributed by atoms with Crippen molar-refractivity contribution in [3.63, 3.8) is 0 Å². The van der Waals surface area contributed by atoms with E-state index in [2.05, 4.69) is 16.5 Å². The fourth-order valence-corrected chi connectivity index (χ4v) is 3.04. The second kappa shape index (κ2) is 6.36. The van der Waals surface area contributed by atoms with Gasteiger partial charge in [0.25, 0.3) is 0 Å². The number of nitrogens with zero attached hydrogens (tertiary/aromatic N) is 2. The quantitative estimate of drug-likeness (QED) is 0.851. The smallest absolute Gasteiger partial charge is 0.193 e. The molecular weight excluding hydrogens is 296 g/mol. The summed E-state index contributed by atoms with van der Waals surface area (Å²) in [7, 11) is 1.69. The molecular formula is C16H20N4OS. The van der Waals surface area contributed by atoms with Crippen LogP contribution in [0.15, 0.2) is 24.3 Å². The number of anilines is 1. The molecule has 0 spiro atoms. The van der Waals surface area contributed by atoms with Gasteiger partial charge >= 0.3 is 0 Å². The van der Waals surface area contributed by atoms with E-state index in [1.165, 1.54) is 5.56 Å². The Bertz CT molecular complexity index is 695. The van der Waals surface area contributed by atoms with Gasteiger partial charge in [0, 0.05) is 24.1 Å². The van der Waals surface area contributed by atoms with Crippen molar-refractivity contribution in [2.24, 2.45) is 5.73 Å². The van der Waals surface area contributed by atoms with Crippen LogP contribution in [0.4, 0.5) is 5.82 Å². The summed E-state index contributed by atoms with van der Waals surface area (Å²) in [5.41, 5.74) is 9.17. The van der Waals surface area contributed by atoms with Gasteiger partial charge in [-0.3, -0.25) is 0 Å². The Hall–Kier alpha value is -2.08. The van der Waals surface area contributed by atoms with Crippen LogP contribution >= 0.6 is 12.2 Å². The van der Waals surface area contributed by atoms with Crippen LogP contribution in [0.3, 0.4) is 0 Å². The normalized spacial score (nSPS) is 13.9. The van der Waals surface area contributed by atoms with Crippen LogP contribution in [0, 0.1) is 0 Å². The molecule has 0 radical (unpaired) electrons. The molecule has 0 atom stereocenters. The number of ether oxygens (including phenoxy) is 1. The van der Waals surface area contributed by atoms with Crippen LogP contribution < -0.4 is 15.8 Å². The van der Waals surface area contributed by atoms with Crippen molar-refractivity contribution in [1.82, 2.24) is 9.78 Å². The van der Waals surface area contributed by atoms with E-state index in [-0.39, 0.29) is 5.11 Å². The summed E-state index contributed by atoms with van der Waals surface area (Å²) in [6.45, 7) is 0.926. The first kappa shape index (κ1) is 14.8. The van der Waals surface area contributed by atoms with E-state index in [1.807, 2.05) is 18.2 Å². The lowest BCUT2D eigenvalue weighted by Gasteiger charge is -2.07. The summed E-state index contributed by atoms with van der Waals surface area (Å²) in [6.07, 6.45) is 3.99. The van der Waals surface area contributed by atoms with Crippen molar-refractivity contribution in [2.45, 2.75) is 25.7 Å². The zero-order valence-corrected chi connectivity index (χ0v) is 13.4. The number of rotatable bonds is 3. The summed E-state index contributed by atoms with van der Waals surface area (Å²) in [4.78, 5) is 0. The maximum atomic E-state index is 5.82. The molecule has 1 aliphatic rings. The Balaban J connectivity index is 2.02. The zero-order chi connectivity index (χ0) is 15.5. The number of hydrogen-bond donors (Lipinski definition) is 2. The predicted molar refractivity (Wildman–Crippen MR) is 91.6 cm³/mol. The van der Waals surface area contributed by atoms with Crippen molar-refractivity contribution in [1.29, 1.82) is 0 Å². The summed E-state index contributed by atoms with van der Waals surface area (Å²) in [6, 6.07) is 8.02. The van der Waals surface area contributed by atoms with Gasteiger partial charge < -0.3 is 15.8 Å². The van der Waals surface area contributed by atoms with Crippen molar-refractivity contribution in [3.8, 4) is 5.75 Å². The summed E-state index contributed by atoms with van der Waals surface area (Å²) in [5, 5.41) is 8.32. The first-order chi connectivity index (χ1) is 10.7. The number of thiocarbonyl (C=S) groups is 1. The molecule has 0 bridgehead atoms. The van der Waals surface area contributed by atoms with E-state index >= 15 is 0 Å². The highest BCUT2D eigenvalue weighted by molar-refractivity contribution is 7.80. The SMILES string of the molecule is COc1ccccc1Cc1nn(C(N)=S)c2c1CCCCN2. The molecule has 116 valence electrons. The number of fused-ring (bicyclic) bond motifs is 1. The predicted octanol–water partition coefficient (Wildman–Crippen LogP) is 2.32. The van der Waals surface area contributed by atoms with E-state index in [0.717, 1.165) is 48.6 Å². The highest BCUT2D eigenvalue weighted by Crippen LogP contribution is 2.29. The minimum absolute atomic E-state index is 0.275. The lowest BCUT2D eigenvalue weighted by molar-refractivity contribution is 0.410. The second-order valence-electron chi connectivity index (χ2n) is 5.40. The highest BCUT2D eigenvalue weighted by atomic mass is 32.1. The average molecular weight is 316 g/mol. The number of methoxy groups -OCH3 is 1. The number of hydrogen-bond acceptors (Lipinski definition) is 4. The molecule has 0 aliphatic carbocycles. The lowest BCUT2D eigenvalue weighted by atomic mass is 10.0. The molecule has 3 rings (SSSR count). The van der Waals surface area contributed by atoms with Crippen molar-refractivity contribution >= 4 is 23.1 Å². The van der Waals surface area contributed by atoms with Crippen LogP contribution in [0.1, 0.15) is 29.7 Å². The van der Waals surface area contributed by atoms with Crippen LogP contribution in [-0.4, -0.2) is 28.5 Å². The summed E-state index contributed by atoms with van der Waals surface area (Å²) in [5.74, 6) is 1.83. The van der Waals surface area contributed by atoms with Crippen molar-refractivity contribution in [3.05, 3.63) is 41.1 Å². The molecule has 0 unspecified atom stereocenters. The third-order valence-corrected chi connectivity index (χ3v) is 4.14. The number of aromatic nitrogens is 2. The van der Waals surface area contributed by atoms with Gasteiger partial charge in [0.1, 0.15) is 11.6 Å². The van der Waals surface area contributed by atoms with Gasteiger partial charge in [0.15, 0.2) is 5.11 Å². The van der Waals surface area contributed by atoms with E-state index < -0.39 is 0 Å². The molecule has 2 heterocycles. The summed E-state index contributed by atoms with van der Waals surface area (Å²) >= 11 is 5.13. The van der Waals surface area contributed by atoms with Gasteiger partial charge in [0.05, 0.1) is 12.8 Å². The fourth-order valence-electron chi connectivity index (χ4n) is 2.90. The maximum Gasteiger partial charge on any atom is 0.193 e. The molecule has 0 amide bonds. The summed E-state index contributed by atoms with van der Waals surface area (Å²) < 4.78 is 7.09. The van der Waals surface area contributed by atoms with Gasteiger partial charge in [-0.2, -0.15) is 9.78 Å². The molecule has 0 saturated carbocycles. The van der Waals surface area contributed by atoms with Gasteiger partial charge in [-0.1, -0.05) is 18.2 Å². The molecule has 22 heavy (non-hydrogen) atoms. The van der Waals surface area contributed by atoms with E-state index in [0.29, 0.717) is 6.42 Å². The number of nitrogens with two attached hydrogens (primary N) is 1. The third-order valence-electron chi connectivity index (χ3n) is 3.97. The lowest BCUT2D eigenvalue weighted by Crippen LogP contribution is -2.23. The van der Waals surface area contributed by atoms with Gasteiger partial charge in [-0.05, 0) is 37.5 Å². The topological polar surface area (TPSA) is 65.1 Å². The Labute approximate surface area is 135 Å². The van der Waals surface area contributed by atoms with Crippen molar-refractivity contribution in [2.75, 3.05) is 19.0 Å². The van der Waals surface area contributed by atoms with E-state index in [1.54, 1.807) is 11.8 Å². The number of nitrogens with one attached hydrogen (secondary N) is 1. The second-order valence-corrected chi connectivity index (χ2v) is 5.81. The molecule has 6 heteroatoms. The maximum absolute atomic E-state index is 5.82. The van der Waals surface area contributed by atoms with Gasteiger partial charge in [0.2, 0.25) is 0 Å². The van der Waals surface area contributed by atoms with Gasteiger partial charge in [-0.25, -0.2) is 0 Å². The van der Waals surface area contributed by atoms with Crippen LogP contribution in [0.5, 0.6) is 5.75 Å². The molecule has 1 aromatic carbocycles. The molecule has 1 aromatic heterocycles. The van der Waals surface area contributed by atoms with Gasteiger partial charge in [-0.15, -0.1) is 0 Å². The Morgan fingerprint density at radius 1 is 1.41 bits per heavy atom. The minimum atomic E-state index is 0.275. The molecule has 5 nitrogen and oxygen atoms in total. The monoisotopic (exact) mass is 316 g/mol. The molecule has 2 aromatic rings. The standard InChI is InChI=1S/C16H20N4OS/c1-21-14-8-3-2-6-11(14)10-13-12-7-4-5-9-18-15(12)20(19-13)16(17)22/h2-3,6,8,18H,4-5,7,9-10H2,1H3,(H2,17,22). The Morgan fingerprint density at radius 2 is 2.23 bits per heavy atom.